The summed E-state index contributed by atoms with van der Waals surface area (Å²) in [5.74, 6) is 1.45. The predicted octanol–water partition coefficient (Wildman–Crippen LogP) is 2.25. The second kappa shape index (κ2) is 8.40. The minimum absolute atomic E-state index is 0.528. The minimum atomic E-state index is 0.528. The molecule has 0 heterocycles. The molecule has 0 aromatic heterocycles. The van der Waals surface area contributed by atoms with Gasteiger partial charge in [0.25, 0.3) is 0 Å². The highest BCUT2D eigenvalue weighted by molar-refractivity contribution is 5.77. The van der Waals surface area contributed by atoms with Crippen molar-refractivity contribution in [2.45, 2.75) is 33.1 Å². The van der Waals surface area contributed by atoms with E-state index in [1.54, 1.807) is 7.11 Å². The molecular weight excluding hydrogens is 238 g/mol. The summed E-state index contributed by atoms with van der Waals surface area (Å²) in [5, 5.41) is 3.13. The van der Waals surface area contributed by atoms with Crippen molar-refractivity contribution in [3.63, 3.8) is 0 Å². The Morgan fingerprint density at radius 2 is 2.21 bits per heavy atom. The molecule has 3 N–H and O–H groups in total. The number of aryl methyl sites for hydroxylation is 1. The van der Waals surface area contributed by atoms with E-state index in [0.29, 0.717) is 5.96 Å². The number of unbranched alkanes of at least 4 members (excludes halogenated alkanes) is 1. The molecule has 4 nitrogen and oxygen atoms in total. The van der Waals surface area contributed by atoms with E-state index < -0.39 is 0 Å². The molecule has 0 aliphatic carbocycles. The van der Waals surface area contributed by atoms with Gasteiger partial charge >= 0.3 is 0 Å². The molecule has 0 aliphatic heterocycles. The Hall–Kier alpha value is -1.71. The van der Waals surface area contributed by atoms with E-state index >= 15 is 0 Å². The summed E-state index contributed by atoms with van der Waals surface area (Å²) in [5.41, 5.74) is 8.21. The molecule has 1 rings (SSSR count). The molecule has 19 heavy (non-hydrogen) atoms. The van der Waals surface area contributed by atoms with Crippen molar-refractivity contribution in [1.82, 2.24) is 5.32 Å². The van der Waals surface area contributed by atoms with Crippen LogP contribution in [0.5, 0.6) is 5.75 Å². The molecule has 0 spiro atoms. The third kappa shape index (κ3) is 5.64. The second-order valence-corrected chi connectivity index (χ2v) is 4.61. The van der Waals surface area contributed by atoms with Crippen molar-refractivity contribution in [1.29, 1.82) is 0 Å². The van der Waals surface area contributed by atoms with Gasteiger partial charge in [0, 0.05) is 13.1 Å². The number of rotatable bonds is 7. The summed E-state index contributed by atoms with van der Waals surface area (Å²) in [6.45, 7) is 5.78. The lowest BCUT2D eigenvalue weighted by molar-refractivity contribution is 0.409. The molecule has 0 bridgehead atoms. The van der Waals surface area contributed by atoms with E-state index in [-0.39, 0.29) is 0 Å². The number of aliphatic imine (C=N–C) groups is 1. The first-order chi connectivity index (χ1) is 9.17. The summed E-state index contributed by atoms with van der Waals surface area (Å²) in [4.78, 5) is 4.26. The monoisotopic (exact) mass is 263 g/mol. The van der Waals surface area contributed by atoms with E-state index in [9.17, 15) is 0 Å². The van der Waals surface area contributed by atoms with Gasteiger partial charge in [0.05, 0.1) is 7.11 Å². The normalized spacial score (nSPS) is 11.4. The Kier molecular flexibility index (Phi) is 6.79. The van der Waals surface area contributed by atoms with E-state index in [1.807, 2.05) is 6.07 Å². The molecule has 0 aliphatic rings. The molecule has 0 saturated carbocycles. The van der Waals surface area contributed by atoms with Crippen LogP contribution in [-0.2, 0) is 6.42 Å². The SMILES string of the molecule is CCCCN=C(N)NCCc1cc(C)ccc1OC. The summed E-state index contributed by atoms with van der Waals surface area (Å²) >= 11 is 0. The zero-order valence-corrected chi connectivity index (χ0v) is 12.2. The number of nitrogens with zero attached hydrogens (tertiary/aromatic N) is 1. The second-order valence-electron chi connectivity index (χ2n) is 4.61. The number of guanidine groups is 1. The number of hydrogen-bond acceptors (Lipinski definition) is 2. The van der Waals surface area contributed by atoms with E-state index in [2.05, 4.69) is 36.3 Å². The van der Waals surface area contributed by atoms with Gasteiger partial charge < -0.3 is 15.8 Å². The van der Waals surface area contributed by atoms with Crippen molar-refractivity contribution < 1.29 is 4.74 Å². The lowest BCUT2D eigenvalue weighted by Crippen LogP contribution is -2.33. The Labute approximate surface area is 116 Å². The summed E-state index contributed by atoms with van der Waals surface area (Å²) in [7, 11) is 1.70. The fourth-order valence-corrected chi connectivity index (χ4v) is 1.84. The van der Waals surface area contributed by atoms with Gasteiger partial charge in [-0.05, 0) is 31.4 Å². The van der Waals surface area contributed by atoms with Crippen LogP contribution in [0, 0.1) is 6.92 Å². The quantitative estimate of drug-likeness (QED) is 0.450. The van der Waals surface area contributed by atoms with E-state index in [0.717, 1.165) is 38.1 Å². The molecule has 4 heteroatoms. The van der Waals surface area contributed by atoms with E-state index in [1.165, 1.54) is 11.1 Å². The fraction of sp³-hybridized carbons (Fsp3) is 0.533. The molecule has 1 aromatic rings. The number of ether oxygens (including phenoxy) is 1. The molecule has 0 saturated heterocycles. The van der Waals surface area contributed by atoms with Crippen molar-refractivity contribution in [2.75, 3.05) is 20.2 Å². The van der Waals surface area contributed by atoms with Crippen LogP contribution in [0.25, 0.3) is 0 Å². The maximum absolute atomic E-state index is 5.79. The van der Waals surface area contributed by atoms with Gasteiger partial charge in [-0.1, -0.05) is 31.0 Å². The molecule has 0 atom stereocenters. The predicted molar refractivity (Wildman–Crippen MR) is 80.8 cm³/mol. The van der Waals surface area contributed by atoms with Crippen molar-refractivity contribution >= 4 is 5.96 Å². The average Bonchev–Trinajstić information content (AvgIpc) is 2.39. The van der Waals surface area contributed by atoms with Crippen molar-refractivity contribution in [2.24, 2.45) is 10.7 Å². The maximum atomic E-state index is 5.79. The average molecular weight is 263 g/mol. The van der Waals surface area contributed by atoms with Crippen LogP contribution >= 0.6 is 0 Å². The van der Waals surface area contributed by atoms with E-state index in [4.69, 9.17) is 10.5 Å². The van der Waals surface area contributed by atoms with Crippen LogP contribution < -0.4 is 15.8 Å². The number of benzene rings is 1. The van der Waals surface area contributed by atoms with Crippen LogP contribution in [0.4, 0.5) is 0 Å². The minimum Gasteiger partial charge on any atom is -0.496 e. The molecule has 106 valence electrons. The zero-order valence-electron chi connectivity index (χ0n) is 12.2. The summed E-state index contributed by atoms with van der Waals surface area (Å²) in [6, 6.07) is 6.20. The summed E-state index contributed by atoms with van der Waals surface area (Å²) in [6.07, 6.45) is 3.08. The highest BCUT2D eigenvalue weighted by Crippen LogP contribution is 2.19. The Morgan fingerprint density at radius 1 is 1.42 bits per heavy atom. The molecular formula is C15H25N3O. The van der Waals surface area contributed by atoms with Crippen LogP contribution in [0.3, 0.4) is 0 Å². The van der Waals surface area contributed by atoms with Gasteiger partial charge in [0.1, 0.15) is 5.75 Å². The highest BCUT2D eigenvalue weighted by Gasteiger charge is 2.03. The number of nitrogens with two attached hydrogens (primary N) is 1. The largest absolute Gasteiger partial charge is 0.496 e. The Morgan fingerprint density at radius 3 is 2.89 bits per heavy atom. The molecule has 0 unspecified atom stereocenters. The fourth-order valence-electron chi connectivity index (χ4n) is 1.84. The lowest BCUT2D eigenvalue weighted by Gasteiger charge is -2.10. The number of nitrogens with one attached hydrogen (secondary N) is 1. The van der Waals surface area contributed by atoms with Crippen molar-refractivity contribution in [3.8, 4) is 5.75 Å². The van der Waals surface area contributed by atoms with Crippen LogP contribution in [0.1, 0.15) is 30.9 Å². The van der Waals surface area contributed by atoms with Crippen LogP contribution in [-0.4, -0.2) is 26.2 Å². The van der Waals surface area contributed by atoms with Crippen LogP contribution in [0.2, 0.25) is 0 Å². The lowest BCUT2D eigenvalue weighted by atomic mass is 10.1. The maximum Gasteiger partial charge on any atom is 0.188 e. The van der Waals surface area contributed by atoms with Crippen LogP contribution in [0.15, 0.2) is 23.2 Å². The van der Waals surface area contributed by atoms with Crippen molar-refractivity contribution in [3.05, 3.63) is 29.3 Å². The highest BCUT2D eigenvalue weighted by atomic mass is 16.5. The zero-order chi connectivity index (χ0) is 14.1. The Balaban J connectivity index is 2.44. The van der Waals surface area contributed by atoms with Gasteiger partial charge in [0.15, 0.2) is 5.96 Å². The third-order valence-corrected chi connectivity index (χ3v) is 2.93. The molecule has 1 aromatic carbocycles. The first-order valence-electron chi connectivity index (χ1n) is 6.84. The smallest absolute Gasteiger partial charge is 0.188 e. The van der Waals surface area contributed by atoms with Gasteiger partial charge in [-0.15, -0.1) is 0 Å². The molecule has 0 fully saturated rings. The standard InChI is InChI=1S/C15H25N3O/c1-4-5-9-17-15(16)18-10-8-13-11-12(2)6-7-14(13)19-3/h6-7,11H,4-5,8-10H2,1-3H3,(H3,16,17,18). The van der Waals surface area contributed by atoms with Gasteiger partial charge in [0.2, 0.25) is 0 Å². The van der Waals surface area contributed by atoms with Gasteiger partial charge in [-0.25, -0.2) is 0 Å². The molecule has 0 radical (unpaired) electrons. The third-order valence-electron chi connectivity index (χ3n) is 2.93. The van der Waals surface area contributed by atoms with Gasteiger partial charge in [-0.3, -0.25) is 4.99 Å². The topological polar surface area (TPSA) is 59.6 Å². The first-order valence-corrected chi connectivity index (χ1v) is 6.84. The van der Waals surface area contributed by atoms with Gasteiger partial charge in [-0.2, -0.15) is 0 Å². The molecule has 0 amide bonds. The Bertz CT molecular complexity index is 416. The number of methoxy groups -OCH3 is 1. The number of hydrogen-bond donors (Lipinski definition) is 2. The summed E-state index contributed by atoms with van der Waals surface area (Å²) < 4.78 is 5.35. The first kappa shape index (κ1) is 15.3.